The third kappa shape index (κ3) is 40.0. The van der Waals surface area contributed by atoms with E-state index in [0.717, 1.165) is 0 Å². The molecule has 0 amide bonds. The van der Waals surface area contributed by atoms with E-state index in [1.165, 1.54) is 0 Å². The Bertz CT molecular complexity index is 17.1. The van der Waals surface area contributed by atoms with E-state index >= 15 is 0 Å². The summed E-state index contributed by atoms with van der Waals surface area (Å²) in [7, 11) is -0.833. The zero-order chi connectivity index (χ0) is 2.71. The number of rotatable bonds is 0. The predicted molar refractivity (Wildman–Crippen MR) is 9.83 cm³/mol. The summed E-state index contributed by atoms with van der Waals surface area (Å²) in [4.78, 5) is 6.99. The Morgan fingerprint density at radius 1 is 1.60 bits per heavy atom. The van der Waals surface area contributed by atoms with Crippen molar-refractivity contribution in [3.8, 4) is 0 Å². The van der Waals surface area contributed by atoms with Crippen molar-refractivity contribution in [2.24, 2.45) is 0 Å². The van der Waals surface area contributed by atoms with Crippen LogP contribution < -0.4 is 0 Å². The van der Waals surface area contributed by atoms with Crippen molar-refractivity contribution >= 4 is 8.69 Å². The molecule has 1 N–H and O–H groups in total. The van der Waals surface area contributed by atoms with Crippen LogP contribution in [0.5, 0.6) is 0 Å². The Hall–Kier alpha value is 1.11. The first kappa shape index (κ1) is 16.5. The van der Waals surface area contributed by atoms with Gasteiger partial charge in [-0.15, -0.1) is 0 Å². The van der Waals surface area contributed by atoms with Crippen molar-refractivity contribution in [1.29, 1.82) is 0 Å². The molecule has 0 spiro atoms. The van der Waals surface area contributed by atoms with Gasteiger partial charge in [0.1, 0.15) is 0 Å². The van der Waals surface area contributed by atoms with E-state index in [-0.39, 0.29) is 34.4 Å². The van der Waals surface area contributed by atoms with E-state index in [1.807, 2.05) is 0 Å². The molecule has 0 aromatic rings. The van der Waals surface area contributed by atoms with Crippen LogP contribution in [0, 0.1) is 0 Å². The second-order valence-electron chi connectivity index (χ2n) is 0.0816. The fraction of sp³-hybridized carbons (Fsp3) is 0. The van der Waals surface area contributed by atoms with E-state index < -0.39 is 8.69 Å². The molecule has 0 rings (SSSR count). The van der Waals surface area contributed by atoms with Gasteiger partial charge in [0.15, 0.2) is 0 Å². The molecule has 32 valence electrons. The van der Waals surface area contributed by atoms with Crippen molar-refractivity contribution in [3.63, 3.8) is 0 Å². The zero-order valence-electron chi connectivity index (χ0n) is 2.06. The van der Waals surface area contributed by atoms with Crippen molar-refractivity contribution in [1.82, 2.24) is 0 Å². The summed E-state index contributed by atoms with van der Waals surface area (Å²) in [5.74, 6) is 0. The zero-order valence-corrected chi connectivity index (χ0v) is 5.34. The normalized spacial score (nSPS) is 4.20. The summed E-state index contributed by atoms with van der Waals surface area (Å²) >= 11 is 0. The Kier molecular flexibility index (Phi) is 63.9. The molecule has 0 radical (unpaired) electrons. The minimum Gasteiger partial charge on any atom is -0.310 e. The number of hydrogen-bond donors (Lipinski definition) is 1. The molecule has 0 aromatic carbocycles. The molecule has 0 fully saturated rings. The van der Waals surface area contributed by atoms with Gasteiger partial charge >= 0.3 is 8.69 Å². The van der Waals surface area contributed by atoms with Gasteiger partial charge in [-0.25, -0.2) is 4.57 Å². The average molecular weight is 172 g/mol. The molecule has 0 aliphatic rings. The molecule has 0 aromatic heterocycles. The van der Waals surface area contributed by atoms with Crippen molar-refractivity contribution in [2.45, 2.75) is 0 Å². The molecule has 0 bridgehead atoms. The predicted octanol–water partition coefficient (Wildman–Crippen LogP) is 0.180. The smallest absolute Gasteiger partial charge is 0.310 e. The summed E-state index contributed by atoms with van der Waals surface area (Å²) in [6.07, 6.45) is 0. The molecular formula is HCrFeO2P. The maximum absolute atomic E-state index is 8.46. The first-order chi connectivity index (χ1) is 1.41. The molecule has 0 heterocycles. The Labute approximate surface area is 52.8 Å². The van der Waals surface area contributed by atoms with Gasteiger partial charge in [0.2, 0.25) is 0 Å². The first-order valence-corrected chi connectivity index (χ1v) is 1.15. The third-order valence-corrected chi connectivity index (χ3v) is 0. The van der Waals surface area contributed by atoms with Gasteiger partial charge in [0.25, 0.3) is 0 Å². The standard InChI is InChI=1S/Cr.Fe.HO2P/c;;1-3-2/h;;(H,1,2). The summed E-state index contributed by atoms with van der Waals surface area (Å²) in [5, 5.41) is 0. The van der Waals surface area contributed by atoms with Gasteiger partial charge in [-0.3, -0.25) is 0 Å². The second kappa shape index (κ2) is 19.4. The van der Waals surface area contributed by atoms with Crippen LogP contribution in [0.4, 0.5) is 0 Å². The van der Waals surface area contributed by atoms with Gasteiger partial charge in [-0.1, -0.05) is 0 Å². The Morgan fingerprint density at radius 3 is 1.60 bits per heavy atom. The summed E-state index contributed by atoms with van der Waals surface area (Å²) in [6, 6.07) is 0. The molecule has 0 saturated carbocycles. The van der Waals surface area contributed by atoms with E-state index in [4.69, 9.17) is 9.46 Å². The van der Waals surface area contributed by atoms with Gasteiger partial charge in [0.05, 0.1) is 0 Å². The van der Waals surface area contributed by atoms with Crippen LogP contribution in [-0.4, -0.2) is 4.89 Å². The van der Waals surface area contributed by atoms with Crippen molar-refractivity contribution in [2.75, 3.05) is 0 Å². The largest absolute Gasteiger partial charge is 0.324 e. The molecule has 2 nitrogen and oxygen atoms in total. The Balaban J connectivity index is -0.0000000200. The van der Waals surface area contributed by atoms with Crippen molar-refractivity contribution < 1.29 is 43.9 Å². The van der Waals surface area contributed by atoms with Crippen LogP contribution in [-0.2, 0) is 39.0 Å². The third-order valence-electron chi connectivity index (χ3n) is 0. The van der Waals surface area contributed by atoms with Crippen LogP contribution in [0.3, 0.4) is 0 Å². The number of hydrogen-bond acceptors (Lipinski definition) is 1. The van der Waals surface area contributed by atoms with Crippen LogP contribution in [0.2, 0.25) is 0 Å². The van der Waals surface area contributed by atoms with Gasteiger partial charge in [-0.2, -0.15) is 0 Å². The summed E-state index contributed by atoms with van der Waals surface area (Å²) in [6.45, 7) is 0. The molecule has 0 aliphatic carbocycles. The minimum atomic E-state index is -0.833. The molecule has 0 unspecified atom stereocenters. The van der Waals surface area contributed by atoms with Gasteiger partial charge < -0.3 is 4.89 Å². The van der Waals surface area contributed by atoms with Crippen molar-refractivity contribution in [3.05, 3.63) is 0 Å². The van der Waals surface area contributed by atoms with E-state index in [1.54, 1.807) is 0 Å². The molecule has 5 heteroatoms. The average Bonchev–Trinajstić information content (AvgIpc) is 0.918. The topological polar surface area (TPSA) is 37.3 Å². The van der Waals surface area contributed by atoms with E-state index in [0.29, 0.717) is 0 Å². The second-order valence-corrected chi connectivity index (χ2v) is 0.245. The fourth-order valence-corrected chi connectivity index (χ4v) is 0. The first-order valence-electron chi connectivity index (χ1n) is 0.383. The maximum Gasteiger partial charge on any atom is 0.324 e. The summed E-state index contributed by atoms with van der Waals surface area (Å²) in [5.41, 5.74) is 0. The molecule has 5 heavy (non-hydrogen) atoms. The molecule has 0 atom stereocenters. The van der Waals surface area contributed by atoms with Crippen LogP contribution in [0.15, 0.2) is 0 Å². The van der Waals surface area contributed by atoms with Gasteiger partial charge in [-0.05, 0) is 0 Å². The molecule has 0 saturated heterocycles. The van der Waals surface area contributed by atoms with Crippen LogP contribution in [0.25, 0.3) is 0 Å². The quantitative estimate of drug-likeness (QED) is 0.417. The van der Waals surface area contributed by atoms with E-state index in [9.17, 15) is 0 Å². The van der Waals surface area contributed by atoms with Crippen LogP contribution in [0.1, 0.15) is 0 Å². The Morgan fingerprint density at radius 2 is 1.60 bits per heavy atom. The monoisotopic (exact) mass is 172 g/mol. The maximum atomic E-state index is 8.46. The van der Waals surface area contributed by atoms with Crippen LogP contribution >= 0.6 is 8.69 Å². The minimum absolute atomic E-state index is 0. The summed E-state index contributed by atoms with van der Waals surface area (Å²) < 4.78 is 8.46. The molecule has 0 aliphatic heterocycles. The fourth-order valence-electron chi connectivity index (χ4n) is 0. The SMILES string of the molecule is O=PO.[Cr].[Fe]. The van der Waals surface area contributed by atoms with E-state index in [2.05, 4.69) is 0 Å². The molecular weight excluding hydrogens is 171 g/mol. The van der Waals surface area contributed by atoms with Gasteiger partial charge in [0, 0.05) is 34.4 Å².